The third-order valence-corrected chi connectivity index (χ3v) is 8.98. The predicted molar refractivity (Wildman–Crippen MR) is 143 cm³/mol. The van der Waals surface area contributed by atoms with Crippen LogP contribution in [0, 0.1) is 0 Å². The lowest BCUT2D eigenvalue weighted by molar-refractivity contribution is -0.141. The van der Waals surface area contributed by atoms with Gasteiger partial charge in [0, 0.05) is 34.7 Å². The van der Waals surface area contributed by atoms with Gasteiger partial charge in [0.2, 0.25) is 21.8 Å². The van der Waals surface area contributed by atoms with Gasteiger partial charge in [-0.25, -0.2) is 8.42 Å². The molecule has 7 nitrogen and oxygen atoms in total. The van der Waals surface area contributed by atoms with Crippen molar-refractivity contribution in [2.75, 3.05) is 13.6 Å². The highest BCUT2D eigenvalue weighted by molar-refractivity contribution is 7.89. The second-order valence-corrected chi connectivity index (χ2v) is 12.2. The van der Waals surface area contributed by atoms with Crippen molar-refractivity contribution < 1.29 is 18.0 Å². The van der Waals surface area contributed by atoms with Crippen LogP contribution in [0.25, 0.3) is 0 Å². The number of carbonyl (C=O) groups is 2. The normalized spacial score (nSPS) is 15.2. The van der Waals surface area contributed by atoms with Crippen LogP contribution in [-0.2, 0) is 26.2 Å². The molecule has 1 aliphatic rings. The minimum Gasteiger partial charge on any atom is -0.352 e. The summed E-state index contributed by atoms with van der Waals surface area (Å²) in [5.41, 5.74) is 0.602. The zero-order valence-electron chi connectivity index (χ0n) is 20.2. The molecule has 0 saturated heterocycles. The summed E-state index contributed by atoms with van der Waals surface area (Å²) in [6.45, 7) is 1.39. The van der Waals surface area contributed by atoms with Gasteiger partial charge < -0.3 is 10.2 Å². The van der Waals surface area contributed by atoms with Crippen molar-refractivity contribution in [2.45, 2.75) is 62.6 Å². The molecular formula is C25H30Cl3N3O4S. The Kier molecular flexibility index (Phi) is 10.1. The Bertz CT molecular complexity index is 1190. The number of hydrogen-bond acceptors (Lipinski definition) is 4. The van der Waals surface area contributed by atoms with Crippen LogP contribution in [0.3, 0.4) is 0 Å². The van der Waals surface area contributed by atoms with Gasteiger partial charge in [-0.05, 0) is 61.2 Å². The maximum Gasteiger partial charge on any atom is 0.243 e. The number of benzene rings is 2. The van der Waals surface area contributed by atoms with E-state index in [2.05, 4.69) is 5.32 Å². The van der Waals surface area contributed by atoms with Gasteiger partial charge in [0.05, 0.1) is 11.4 Å². The molecule has 1 fully saturated rings. The molecule has 196 valence electrons. The Morgan fingerprint density at radius 3 is 2.22 bits per heavy atom. The zero-order valence-corrected chi connectivity index (χ0v) is 23.3. The summed E-state index contributed by atoms with van der Waals surface area (Å²) in [5, 5.41) is 4.26. The number of likely N-dealkylation sites (N-methyl/N-ethyl adjacent to an activating group) is 1. The number of halogens is 3. The lowest BCUT2D eigenvalue weighted by Gasteiger charge is -2.33. The maximum absolute atomic E-state index is 13.6. The number of nitrogens with one attached hydrogen (secondary N) is 1. The molecule has 0 spiro atoms. The van der Waals surface area contributed by atoms with E-state index < -0.39 is 28.5 Å². The van der Waals surface area contributed by atoms with Crippen LogP contribution in [0.1, 0.15) is 44.6 Å². The topological polar surface area (TPSA) is 86.8 Å². The molecule has 1 N–H and O–H groups in total. The predicted octanol–water partition coefficient (Wildman–Crippen LogP) is 5.13. The molecule has 1 aliphatic carbocycles. The quantitative estimate of drug-likeness (QED) is 0.426. The minimum atomic E-state index is -3.96. The molecule has 11 heteroatoms. The van der Waals surface area contributed by atoms with Crippen molar-refractivity contribution in [2.24, 2.45) is 0 Å². The number of carbonyl (C=O) groups excluding carboxylic acids is 2. The second-order valence-electron chi connectivity index (χ2n) is 8.89. The van der Waals surface area contributed by atoms with E-state index in [4.69, 9.17) is 34.8 Å². The smallest absolute Gasteiger partial charge is 0.243 e. The summed E-state index contributed by atoms with van der Waals surface area (Å²) in [6, 6.07) is 9.91. The highest BCUT2D eigenvalue weighted by Gasteiger charge is 2.33. The first-order valence-corrected chi connectivity index (χ1v) is 14.4. The summed E-state index contributed by atoms with van der Waals surface area (Å²) >= 11 is 18.3. The summed E-state index contributed by atoms with van der Waals surface area (Å²) in [6.07, 6.45) is 4.27. The summed E-state index contributed by atoms with van der Waals surface area (Å²) in [5.74, 6) is -0.777. The standard InChI is InChI=1S/C25H30Cl3N3O4S/c1-3-23(25(33)29-20-6-4-5-7-20)31(15-17-8-9-19(27)14-22(17)28)24(32)16-30(2)36(34,35)21-12-10-18(26)11-13-21/h8-14,20,23H,3-7,15-16H2,1-2H3,(H,29,33). The fourth-order valence-corrected chi connectivity index (χ4v) is 5.99. The van der Waals surface area contributed by atoms with Crippen LogP contribution in [-0.4, -0.2) is 55.1 Å². The van der Waals surface area contributed by atoms with Crippen molar-refractivity contribution in [1.82, 2.24) is 14.5 Å². The van der Waals surface area contributed by atoms with Crippen molar-refractivity contribution >= 4 is 56.6 Å². The Morgan fingerprint density at radius 1 is 1.03 bits per heavy atom. The van der Waals surface area contributed by atoms with Crippen LogP contribution >= 0.6 is 34.8 Å². The Hall–Kier alpha value is -1.84. The van der Waals surface area contributed by atoms with Gasteiger partial charge in [-0.15, -0.1) is 0 Å². The monoisotopic (exact) mass is 573 g/mol. The van der Waals surface area contributed by atoms with Gasteiger partial charge in [0.1, 0.15) is 6.04 Å². The van der Waals surface area contributed by atoms with Gasteiger partial charge in [0.15, 0.2) is 0 Å². The molecular weight excluding hydrogens is 545 g/mol. The lowest BCUT2D eigenvalue weighted by Crippen LogP contribution is -2.53. The first kappa shape index (κ1) is 28.7. The van der Waals surface area contributed by atoms with Crippen molar-refractivity contribution in [3.63, 3.8) is 0 Å². The van der Waals surface area contributed by atoms with Gasteiger partial charge in [0.25, 0.3) is 0 Å². The molecule has 0 radical (unpaired) electrons. The lowest BCUT2D eigenvalue weighted by atomic mass is 10.1. The Labute approximate surface area is 227 Å². The van der Waals surface area contributed by atoms with Crippen molar-refractivity contribution in [1.29, 1.82) is 0 Å². The fourth-order valence-electron chi connectivity index (χ4n) is 4.27. The van der Waals surface area contributed by atoms with E-state index in [9.17, 15) is 18.0 Å². The number of nitrogens with zero attached hydrogens (tertiary/aromatic N) is 2. The van der Waals surface area contributed by atoms with Crippen LogP contribution in [0.4, 0.5) is 0 Å². The largest absolute Gasteiger partial charge is 0.352 e. The van der Waals surface area contributed by atoms with Crippen LogP contribution in [0.5, 0.6) is 0 Å². The molecule has 2 aromatic rings. The molecule has 2 aromatic carbocycles. The average Bonchev–Trinajstić information content (AvgIpc) is 3.33. The van der Waals surface area contributed by atoms with Crippen molar-refractivity contribution in [3.05, 3.63) is 63.1 Å². The maximum atomic E-state index is 13.6. The first-order chi connectivity index (χ1) is 17.0. The summed E-state index contributed by atoms with van der Waals surface area (Å²) in [4.78, 5) is 28.2. The number of amides is 2. The number of hydrogen-bond donors (Lipinski definition) is 1. The van der Waals surface area contributed by atoms with E-state index in [0.717, 1.165) is 30.0 Å². The molecule has 1 unspecified atom stereocenters. The highest BCUT2D eigenvalue weighted by atomic mass is 35.5. The van der Waals surface area contributed by atoms with Gasteiger partial charge in [-0.1, -0.05) is 60.6 Å². The van der Waals surface area contributed by atoms with E-state index in [0.29, 0.717) is 27.1 Å². The molecule has 0 aromatic heterocycles. The first-order valence-electron chi connectivity index (χ1n) is 11.8. The number of sulfonamides is 1. The molecule has 3 rings (SSSR count). The molecule has 2 amide bonds. The molecule has 0 bridgehead atoms. The highest BCUT2D eigenvalue weighted by Crippen LogP contribution is 2.25. The van der Waals surface area contributed by atoms with E-state index in [1.807, 2.05) is 6.92 Å². The molecule has 36 heavy (non-hydrogen) atoms. The van der Waals surface area contributed by atoms with Crippen molar-refractivity contribution in [3.8, 4) is 0 Å². The van der Waals surface area contributed by atoms with E-state index >= 15 is 0 Å². The van der Waals surface area contributed by atoms with E-state index in [-0.39, 0.29) is 23.4 Å². The molecule has 0 aliphatic heterocycles. The third-order valence-electron chi connectivity index (χ3n) is 6.32. The van der Waals surface area contributed by atoms with E-state index in [1.54, 1.807) is 18.2 Å². The Morgan fingerprint density at radius 2 is 1.64 bits per heavy atom. The zero-order chi connectivity index (χ0) is 26.5. The fraction of sp³-hybridized carbons (Fsp3) is 0.440. The SMILES string of the molecule is CCC(C(=O)NC1CCCC1)N(Cc1ccc(Cl)cc1Cl)C(=O)CN(C)S(=O)(=O)c1ccc(Cl)cc1. The number of rotatable bonds is 10. The molecule has 1 saturated carbocycles. The second kappa shape index (κ2) is 12.6. The molecule has 1 atom stereocenters. The average molecular weight is 575 g/mol. The van der Waals surface area contributed by atoms with Crippen LogP contribution in [0.15, 0.2) is 47.4 Å². The van der Waals surface area contributed by atoms with Crippen LogP contribution in [0.2, 0.25) is 15.1 Å². The summed E-state index contributed by atoms with van der Waals surface area (Å²) < 4.78 is 27.1. The van der Waals surface area contributed by atoms with Gasteiger partial charge in [-0.2, -0.15) is 4.31 Å². The van der Waals surface area contributed by atoms with Crippen LogP contribution < -0.4 is 5.32 Å². The Balaban J connectivity index is 1.86. The van der Waals surface area contributed by atoms with Gasteiger partial charge >= 0.3 is 0 Å². The van der Waals surface area contributed by atoms with Gasteiger partial charge in [-0.3, -0.25) is 9.59 Å². The summed E-state index contributed by atoms with van der Waals surface area (Å²) in [7, 11) is -2.63. The molecule has 0 heterocycles. The third kappa shape index (κ3) is 7.13. The van der Waals surface area contributed by atoms with E-state index in [1.165, 1.54) is 36.2 Å². The minimum absolute atomic E-state index is 0.0144.